The lowest BCUT2D eigenvalue weighted by atomic mass is 9.84. The van der Waals surface area contributed by atoms with Crippen molar-refractivity contribution in [3.05, 3.63) is 41.5 Å². The number of aromatic nitrogens is 2. The molecular weight excluding hydrogens is 252 g/mol. The van der Waals surface area contributed by atoms with Crippen LogP contribution in [-0.2, 0) is 11.8 Å². The average Bonchev–Trinajstić information content (AvgIpc) is 2.86. The standard InChI is InChI=1S/C15H22N4O/c1-15(2,11-5-7-12(16)8-6-11)14-17-13(18-20-14)9-10-19(3)4/h5-8H,9-10,16H2,1-4H3. The summed E-state index contributed by atoms with van der Waals surface area (Å²) in [6, 6.07) is 7.78. The Morgan fingerprint density at radius 2 is 1.85 bits per heavy atom. The fourth-order valence-electron chi connectivity index (χ4n) is 1.96. The van der Waals surface area contributed by atoms with Crippen molar-refractivity contribution in [1.82, 2.24) is 15.0 Å². The average molecular weight is 274 g/mol. The Morgan fingerprint density at radius 1 is 1.20 bits per heavy atom. The molecule has 108 valence electrons. The smallest absolute Gasteiger partial charge is 0.236 e. The molecule has 0 aliphatic heterocycles. The van der Waals surface area contributed by atoms with Crippen LogP contribution in [0.15, 0.2) is 28.8 Å². The van der Waals surface area contributed by atoms with Gasteiger partial charge in [-0.15, -0.1) is 0 Å². The molecule has 1 aromatic carbocycles. The first-order chi connectivity index (χ1) is 9.39. The second-order valence-electron chi connectivity index (χ2n) is 5.82. The van der Waals surface area contributed by atoms with E-state index in [-0.39, 0.29) is 5.41 Å². The Kier molecular flexibility index (Phi) is 4.09. The zero-order valence-electron chi connectivity index (χ0n) is 12.6. The topological polar surface area (TPSA) is 68.2 Å². The van der Waals surface area contributed by atoms with Crippen LogP contribution in [0.3, 0.4) is 0 Å². The number of anilines is 1. The van der Waals surface area contributed by atoms with Gasteiger partial charge in [-0.1, -0.05) is 17.3 Å². The largest absolute Gasteiger partial charge is 0.399 e. The summed E-state index contributed by atoms with van der Waals surface area (Å²) >= 11 is 0. The van der Waals surface area contributed by atoms with Crippen LogP contribution in [0.4, 0.5) is 5.69 Å². The van der Waals surface area contributed by atoms with Gasteiger partial charge in [0.25, 0.3) is 0 Å². The summed E-state index contributed by atoms with van der Waals surface area (Å²) in [5.41, 5.74) is 7.26. The zero-order valence-corrected chi connectivity index (χ0v) is 12.6. The van der Waals surface area contributed by atoms with E-state index in [0.717, 1.165) is 30.0 Å². The highest BCUT2D eigenvalue weighted by Crippen LogP contribution is 2.30. The second-order valence-corrected chi connectivity index (χ2v) is 5.82. The first-order valence-electron chi connectivity index (χ1n) is 6.73. The van der Waals surface area contributed by atoms with E-state index < -0.39 is 0 Å². The van der Waals surface area contributed by atoms with Gasteiger partial charge in [-0.05, 0) is 45.6 Å². The molecule has 2 rings (SSSR count). The molecule has 0 radical (unpaired) electrons. The Balaban J connectivity index is 2.19. The van der Waals surface area contributed by atoms with Gasteiger partial charge < -0.3 is 15.2 Å². The van der Waals surface area contributed by atoms with E-state index >= 15 is 0 Å². The minimum absolute atomic E-state index is 0.322. The first-order valence-corrected chi connectivity index (χ1v) is 6.73. The molecule has 0 saturated heterocycles. The molecule has 0 fully saturated rings. The van der Waals surface area contributed by atoms with E-state index in [1.807, 2.05) is 38.4 Å². The van der Waals surface area contributed by atoms with Gasteiger partial charge in [-0.2, -0.15) is 4.98 Å². The van der Waals surface area contributed by atoms with Crippen molar-refractivity contribution in [1.29, 1.82) is 0 Å². The van der Waals surface area contributed by atoms with Crippen molar-refractivity contribution >= 4 is 5.69 Å². The maximum atomic E-state index is 5.72. The molecule has 2 N–H and O–H groups in total. The van der Waals surface area contributed by atoms with Crippen LogP contribution in [0, 0.1) is 0 Å². The van der Waals surface area contributed by atoms with E-state index in [9.17, 15) is 0 Å². The molecule has 0 bridgehead atoms. The Bertz CT molecular complexity index is 558. The Morgan fingerprint density at radius 3 is 2.45 bits per heavy atom. The number of nitrogen functional groups attached to an aromatic ring is 1. The fourth-order valence-corrected chi connectivity index (χ4v) is 1.96. The summed E-state index contributed by atoms with van der Waals surface area (Å²) < 4.78 is 5.44. The van der Waals surface area contributed by atoms with Gasteiger partial charge in [0, 0.05) is 18.7 Å². The van der Waals surface area contributed by atoms with Crippen LogP contribution < -0.4 is 5.73 Å². The molecule has 0 aliphatic carbocycles. The van der Waals surface area contributed by atoms with E-state index in [1.54, 1.807) is 0 Å². The quantitative estimate of drug-likeness (QED) is 0.845. The van der Waals surface area contributed by atoms with Crippen molar-refractivity contribution in [3.8, 4) is 0 Å². The highest BCUT2D eigenvalue weighted by molar-refractivity contribution is 5.42. The fraction of sp³-hybridized carbons (Fsp3) is 0.467. The van der Waals surface area contributed by atoms with Crippen molar-refractivity contribution in [3.63, 3.8) is 0 Å². The number of hydrogen-bond acceptors (Lipinski definition) is 5. The van der Waals surface area contributed by atoms with Gasteiger partial charge in [0.15, 0.2) is 5.82 Å². The van der Waals surface area contributed by atoms with Gasteiger partial charge >= 0.3 is 0 Å². The number of likely N-dealkylation sites (N-methyl/N-ethyl adjacent to an activating group) is 1. The monoisotopic (exact) mass is 274 g/mol. The normalized spacial score (nSPS) is 12.1. The maximum Gasteiger partial charge on any atom is 0.236 e. The van der Waals surface area contributed by atoms with Crippen LogP contribution in [-0.4, -0.2) is 35.7 Å². The van der Waals surface area contributed by atoms with Crippen LogP contribution in [0.1, 0.15) is 31.1 Å². The van der Waals surface area contributed by atoms with Crippen LogP contribution >= 0.6 is 0 Å². The van der Waals surface area contributed by atoms with Crippen LogP contribution in [0.2, 0.25) is 0 Å². The molecule has 1 aromatic heterocycles. The van der Waals surface area contributed by atoms with E-state index in [1.165, 1.54) is 0 Å². The van der Waals surface area contributed by atoms with Crippen LogP contribution in [0.25, 0.3) is 0 Å². The maximum absolute atomic E-state index is 5.72. The molecule has 0 saturated carbocycles. The van der Waals surface area contributed by atoms with Gasteiger partial charge in [-0.25, -0.2) is 0 Å². The molecule has 1 heterocycles. The first kappa shape index (κ1) is 14.5. The predicted octanol–water partition coefficient (Wildman–Crippen LogP) is 2.08. The van der Waals surface area contributed by atoms with E-state index in [2.05, 4.69) is 28.9 Å². The molecule has 5 nitrogen and oxygen atoms in total. The summed E-state index contributed by atoms with van der Waals surface area (Å²) in [4.78, 5) is 6.62. The van der Waals surface area contributed by atoms with Gasteiger partial charge in [0.2, 0.25) is 5.89 Å². The number of hydrogen-bond donors (Lipinski definition) is 1. The Hall–Kier alpha value is -1.88. The summed E-state index contributed by atoms with van der Waals surface area (Å²) in [7, 11) is 4.05. The molecule has 0 unspecified atom stereocenters. The lowest BCUT2D eigenvalue weighted by molar-refractivity contribution is 0.327. The van der Waals surface area contributed by atoms with Gasteiger partial charge in [0.1, 0.15) is 0 Å². The number of nitrogens with two attached hydrogens (primary N) is 1. The second kappa shape index (κ2) is 5.63. The molecule has 20 heavy (non-hydrogen) atoms. The third kappa shape index (κ3) is 3.17. The highest BCUT2D eigenvalue weighted by atomic mass is 16.5. The predicted molar refractivity (Wildman–Crippen MR) is 79.5 cm³/mol. The van der Waals surface area contributed by atoms with Gasteiger partial charge in [0.05, 0.1) is 5.41 Å². The molecule has 2 aromatic rings. The van der Waals surface area contributed by atoms with E-state index in [0.29, 0.717) is 5.89 Å². The molecule has 0 spiro atoms. The summed E-state index contributed by atoms with van der Waals surface area (Å²) in [6.07, 6.45) is 0.786. The number of benzene rings is 1. The lowest BCUT2D eigenvalue weighted by Crippen LogP contribution is -2.20. The molecular formula is C15H22N4O. The third-order valence-corrected chi connectivity index (χ3v) is 3.42. The minimum Gasteiger partial charge on any atom is -0.399 e. The molecule has 0 amide bonds. The van der Waals surface area contributed by atoms with Crippen molar-refractivity contribution in [2.45, 2.75) is 25.7 Å². The van der Waals surface area contributed by atoms with Crippen LogP contribution in [0.5, 0.6) is 0 Å². The minimum atomic E-state index is -0.322. The van der Waals surface area contributed by atoms with Gasteiger partial charge in [-0.3, -0.25) is 0 Å². The number of rotatable bonds is 5. The molecule has 0 aliphatic rings. The third-order valence-electron chi connectivity index (χ3n) is 3.42. The number of nitrogens with zero attached hydrogens (tertiary/aromatic N) is 3. The van der Waals surface area contributed by atoms with Crippen molar-refractivity contribution in [2.24, 2.45) is 0 Å². The molecule has 0 atom stereocenters. The zero-order chi connectivity index (χ0) is 14.8. The lowest BCUT2D eigenvalue weighted by Gasteiger charge is -2.20. The SMILES string of the molecule is CN(C)CCc1noc(C(C)(C)c2ccc(N)cc2)n1. The van der Waals surface area contributed by atoms with E-state index in [4.69, 9.17) is 10.3 Å². The molecule has 5 heteroatoms. The summed E-state index contributed by atoms with van der Waals surface area (Å²) in [5, 5.41) is 4.06. The Labute approximate surface area is 119 Å². The van der Waals surface area contributed by atoms with Crippen molar-refractivity contribution < 1.29 is 4.52 Å². The highest BCUT2D eigenvalue weighted by Gasteiger charge is 2.29. The van der Waals surface area contributed by atoms with Crippen molar-refractivity contribution in [2.75, 3.05) is 26.4 Å². The summed E-state index contributed by atoms with van der Waals surface area (Å²) in [6.45, 7) is 5.05. The summed E-state index contributed by atoms with van der Waals surface area (Å²) in [5.74, 6) is 1.38.